The van der Waals surface area contributed by atoms with E-state index in [0.717, 1.165) is 51.1 Å². The van der Waals surface area contributed by atoms with Gasteiger partial charge in [-0.25, -0.2) is 9.59 Å². The van der Waals surface area contributed by atoms with Crippen molar-refractivity contribution >= 4 is 40.7 Å². The number of benzene rings is 2. The average Bonchev–Trinajstić information content (AvgIpc) is 3.43. The highest BCUT2D eigenvalue weighted by molar-refractivity contribution is 7.12. The molecule has 0 fully saturated rings. The van der Waals surface area contributed by atoms with Gasteiger partial charge >= 0.3 is 11.9 Å². The van der Waals surface area contributed by atoms with Crippen LogP contribution in [0.4, 0.5) is 5.69 Å². The highest BCUT2D eigenvalue weighted by atomic mass is 32.1. The summed E-state index contributed by atoms with van der Waals surface area (Å²) in [5.74, 6) is -4.99. The number of aryl methyl sites for hydroxylation is 3. The predicted octanol–water partition coefficient (Wildman–Crippen LogP) is 4.85. The van der Waals surface area contributed by atoms with Crippen molar-refractivity contribution < 1.29 is 34.5 Å². The van der Waals surface area contributed by atoms with Crippen LogP contribution < -0.4 is 4.90 Å². The Morgan fingerprint density at radius 3 is 2.03 bits per heavy atom. The van der Waals surface area contributed by atoms with Gasteiger partial charge < -0.3 is 15.3 Å². The van der Waals surface area contributed by atoms with Crippen molar-refractivity contribution in [2.24, 2.45) is 0 Å². The number of hydrogen-bond donors (Lipinski definition) is 3. The molecule has 0 radical (unpaired) electrons. The third-order valence-electron chi connectivity index (χ3n) is 6.06. The van der Waals surface area contributed by atoms with Gasteiger partial charge in [0.1, 0.15) is 0 Å². The van der Waals surface area contributed by atoms with Crippen LogP contribution in [-0.4, -0.2) is 38.9 Å². The molecule has 4 rings (SSSR count). The van der Waals surface area contributed by atoms with E-state index in [9.17, 15) is 34.5 Å². The number of rotatable bonds is 6. The van der Waals surface area contributed by atoms with Crippen molar-refractivity contribution in [2.75, 3.05) is 4.90 Å². The second-order valence-corrected chi connectivity index (χ2v) is 9.27. The molecule has 35 heavy (non-hydrogen) atoms. The summed E-state index contributed by atoms with van der Waals surface area (Å²) in [5, 5.41) is 31.7. The van der Waals surface area contributed by atoms with E-state index in [1.807, 2.05) is 32.9 Å². The first-order valence-electron chi connectivity index (χ1n) is 10.6. The number of carboxylic acid groups (broad SMARTS) is 2. The lowest BCUT2D eigenvalue weighted by Gasteiger charge is -2.29. The predicted molar refractivity (Wildman–Crippen MR) is 130 cm³/mol. The number of carboxylic acids is 2. The maximum absolute atomic E-state index is 13.5. The Morgan fingerprint density at radius 1 is 0.886 bits per heavy atom. The highest BCUT2D eigenvalue weighted by Crippen LogP contribution is 2.44. The summed E-state index contributed by atoms with van der Waals surface area (Å²) in [6, 6.07) is 9.16. The van der Waals surface area contributed by atoms with E-state index in [0.29, 0.717) is 10.4 Å². The zero-order chi connectivity index (χ0) is 25.6. The minimum absolute atomic E-state index is 0.0598. The number of anilines is 1. The summed E-state index contributed by atoms with van der Waals surface area (Å²) in [6.45, 7) is 5.60. The molecule has 3 N–H and O–H groups in total. The zero-order valence-corrected chi connectivity index (χ0v) is 19.8. The number of carbonyl (C=O) groups is 4. The van der Waals surface area contributed by atoms with Gasteiger partial charge in [-0.15, -0.1) is 11.3 Å². The van der Waals surface area contributed by atoms with Crippen LogP contribution in [0, 0.1) is 20.8 Å². The van der Waals surface area contributed by atoms with E-state index < -0.39 is 35.4 Å². The molecule has 1 amide bonds. The van der Waals surface area contributed by atoms with E-state index in [-0.39, 0.29) is 22.4 Å². The summed E-state index contributed by atoms with van der Waals surface area (Å²) in [6.07, 6.45) is 0. The lowest BCUT2D eigenvalue weighted by molar-refractivity contribution is -0.117. The number of carbonyl (C=O) groups excluding carboxylic acids is 2. The van der Waals surface area contributed by atoms with Crippen molar-refractivity contribution in [1.29, 1.82) is 0 Å². The van der Waals surface area contributed by atoms with Crippen LogP contribution >= 0.6 is 11.3 Å². The van der Waals surface area contributed by atoms with Gasteiger partial charge in [0.2, 0.25) is 5.78 Å². The van der Waals surface area contributed by atoms with E-state index in [2.05, 4.69) is 0 Å². The molecule has 178 valence electrons. The molecule has 0 bridgehead atoms. The summed E-state index contributed by atoms with van der Waals surface area (Å²) in [7, 11) is 0. The first-order valence-corrected chi connectivity index (χ1v) is 11.4. The molecule has 1 aromatic heterocycles. The molecule has 0 aliphatic carbocycles. The number of aliphatic hydroxyl groups excluding tert-OH is 1. The maximum atomic E-state index is 13.5. The molecular weight excluding hydrogens is 470 g/mol. The number of amides is 1. The fourth-order valence-corrected chi connectivity index (χ4v) is 4.89. The monoisotopic (exact) mass is 491 g/mol. The normalized spacial score (nSPS) is 15.6. The molecular formula is C26H21NO7S. The number of aliphatic hydroxyl groups is 1. The van der Waals surface area contributed by atoms with E-state index in [4.69, 9.17) is 0 Å². The van der Waals surface area contributed by atoms with Crippen molar-refractivity contribution in [3.8, 4) is 0 Å². The standard InChI is InChI=1S/C26H21NO7S/c1-12-7-14(3)18(8-13(12)2)21-20(22(28)19-5-4-6-35-19)23(29)24(30)27(21)17-10-15(25(31)32)9-16(11-17)26(33)34/h4-11,21,29H,1-3H3,(H,31,32)(H,33,34). The van der Waals surface area contributed by atoms with Crippen LogP contribution in [0.2, 0.25) is 0 Å². The second-order valence-electron chi connectivity index (χ2n) is 8.32. The molecule has 0 saturated carbocycles. The molecule has 3 aromatic rings. The van der Waals surface area contributed by atoms with Crippen LogP contribution in [0.25, 0.3) is 0 Å². The molecule has 2 aromatic carbocycles. The van der Waals surface area contributed by atoms with Crippen LogP contribution in [0.5, 0.6) is 0 Å². The van der Waals surface area contributed by atoms with Gasteiger partial charge in [-0.2, -0.15) is 0 Å². The number of thiophene rings is 1. The molecule has 1 unspecified atom stereocenters. The Kier molecular flexibility index (Phi) is 6.04. The molecule has 1 aliphatic heterocycles. The van der Waals surface area contributed by atoms with Crippen molar-refractivity contribution in [3.05, 3.63) is 97.4 Å². The molecule has 9 heteroatoms. The zero-order valence-electron chi connectivity index (χ0n) is 19.0. The number of nitrogens with zero attached hydrogens (tertiary/aromatic N) is 1. The smallest absolute Gasteiger partial charge is 0.335 e. The van der Waals surface area contributed by atoms with Gasteiger partial charge in [-0.1, -0.05) is 18.2 Å². The molecule has 1 aliphatic rings. The Hall–Kier alpha value is -4.24. The first-order chi connectivity index (χ1) is 16.5. The van der Waals surface area contributed by atoms with Crippen LogP contribution in [0.15, 0.2) is 59.2 Å². The third-order valence-corrected chi connectivity index (χ3v) is 6.93. The number of aromatic carboxylic acids is 2. The van der Waals surface area contributed by atoms with Gasteiger partial charge in [0.15, 0.2) is 5.76 Å². The topological polar surface area (TPSA) is 132 Å². The quantitative estimate of drug-likeness (QED) is 0.420. The van der Waals surface area contributed by atoms with Crippen LogP contribution in [-0.2, 0) is 4.79 Å². The third kappa shape index (κ3) is 4.10. The van der Waals surface area contributed by atoms with Crippen LogP contribution in [0.1, 0.15) is 58.7 Å². The van der Waals surface area contributed by atoms with Gasteiger partial charge in [0, 0.05) is 5.69 Å². The largest absolute Gasteiger partial charge is 0.503 e. The molecule has 2 heterocycles. The van der Waals surface area contributed by atoms with Gasteiger partial charge in [-0.3, -0.25) is 14.5 Å². The Bertz CT molecular complexity index is 1400. The van der Waals surface area contributed by atoms with Crippen LogP contribution in [0.3, 0.4) is 0 Å². The van der Waals surface area contributed by atoms with E-state index in [1.165, 1.54) is 0 Å². The van der Waals surface area contributed by atoms with Crippen molar-refractivity contribution in [2.45, 2.75) is 26.8 Å². The highest BCUT2D eigenvalue weighted by Gasteiger charge is 2.45. The molecule has 8 nitrogen and oxygen atoms in total. The average molecular weight is 492 g/mol. The fourth-order valence-electron chi connectivity index (χ4n) is 4.21. The second kappa shape index (κ2) is 8.84. The Morgan fingerprint density at radius 2 is 1.49 bits per heavy atom. The van der Waals surface area contributed by atoms with E-state index in [1.54, 1.807) is 17.5 Å². The van der Waals surface area contributed by atoms with Gasteiger partial charge in [0.25, 0.3) is 5.91 Å². The molecule has 0 saturated heterocycles. The number of Topliss-reactive ketones (excluding diaryl/α,β-unsaturated/α-hetero) is 1. The SMILES string of the molecule is Cc1cc(C)c(C2C(C(=O)c3cccs3)=C(O)C(=O)N2c2cc(C(=O)O)cc(C(=O)O)c2)cc1C. The van der Waals surface area contributed by atoms with Crippen molar-refractivity contribution in [1.82, 2.24) is 0 Å². The van der Waals surface area contributed by atoms with E-state index >= 15 is 0 Å². The lowest BCUT2D eigenvalue weighted by Crippen LogP contribution is -2.32. The number of hydrogen-bond acceptors (Lipinski definition) is 6. The summed E-state index contributed by atoms with van der Waals surface area (Å²) < 4.78 is 0. The fraction of sp³-hybridized carbons (Fsp3) is 0.154. The summed E-state index contributed by atoms with van der Waals surface area (Å²) in [4.78, 5) is 51.6. The Labute approximate surface area is 204 Å². The van der Waals surface area contributed by atoms with Gasteiger partial charge in [0.05, 0.1) is 27.6 Å². The minimum atomic E-state index is -1.38. The Balaban J connectivity index is 2.00. The maximum Gasteiger partial charge on any atom is 0.335 e. The lowest BCUT2D eigenvalue weighted by atomic mass is 9.89. The minimum Gasteiger partial charge on any atom is -0.503 e. The first kappa shape index (κ1) is 23.9. The number of ketones is 1. The summed E-state index contributed by atoms with van der Waals surface area (Å²) >= 11 is 1.16. The molecule has 0 spiro atoms. The van der Waals surface area contributed by atoms with Gasteiger partial charge in [-0.05, 0) is 72.7 Å². The molecule has 1 atom stereocenters. The van der Waals surface area contributed by atoms with Crippen molar-refractivity contribution in [3.63, 3.8) is 0 Å². The summed E-state index contributed by atoms with van der Waals surface area (Å²) in [5.41, 5.74) is 2.27.